The summed E-state index contributed by atoms with van der Waals surface area (Å²) in [5.74, 6) is 0.561. The lowest BCUT2D eigenvalue weighted by Crippen LogP contribution is -2.34. The monoisotopic (exact) mass is 293 g/mol. The van der Waals surface area contributed by atoms with Gasteiger partial charge in [-0.1, -0.05) is 0 Å². The lowest BCUT2D eigenvalue weighted by atomic mass is 10.1. The molecular weight excluding hydrogens is 266 g/mol. The molecule has 21 heavy (non-hydrogen) atoms. The lowest BCUT2D eigenvalue weighted by Gasteiger charge is -2.20. The summed E-state index contributed by atoms with van der Waals surface area (Å²) in [6.45, 7) is 11.4. The smallest absolute Gasteiger partial charge is 0.241 e. The van der Waals surface area contributed by atoms with Crippen LogP contribution in [0.15, 0.2) is 0 Å². The first-order valence-electron chi connectivity index (χ1n) is 7.68. The highest BCUT2D eigenvalue weighted by molar-refractivity contribution is 5.75. The minimum atomic E-state index is 0.00333. The summed E-state index contributed by atoms with van der Waals surface area (Å²) in [4.78, 5) is 14.5. The van der Waals surface area contributed by atoms with E-state index in [-0.39, 0.29) is 12.5 Å². The molecule has 1 atom stereocenters. The Labute approximate surface area is 126 Å². The van der Waals surface area contributed by atoms with E-state index < -0.39 is 0 Å². The highest BCUT2D eigenvalue weighted by Crippen LogP contribution is 2.18. The van der Waals surface area contributed by atoms with Crippen LogP contribution in [0.3, 0.4) is 0 Å². The first-order valence-corrected chi connectivity index (χ1v) is 7.68. The van der Waals surface area contributed by atoms with Gasteiger partial charge in [0.15, 0.2) is 0 Å². The number of hydrogen-bond acceptors (Lipinski definition) is 4. The average molecular weight is 293 g/mol. The van der Waals surface area contributed by atoms with Crippen molar-refractivity contribution < 1.29 is 4.79 Å². The third kappa shape index (κ3) is 3.75. The number of aromatic nitrogens is 2. The molecule has 0 bridgehead atoms. The molecule has 1 aliphatic heterocycles. The molecule has 1 aromatic rings. The Morgan fingerprint density at radius 3 is 2.71 bits per heavy atom. The average Bonchev–Trinajstić information content (AvgIpc) is 2.99. The topological polar surface area (TPSA) is 76.2 Å². The fourth-order valence-electron chi connectivity index (χ4n) is 2.81. The summed E-state index contributed by atoms with van der Waals surface area (Å²) in [6, 6.07) is 0.586. The van der Waals surface area contributed by atoms with Crippen molar-refractivity contribution in [1.29, 1.82) is 0 Å². The normalized spacial score (nSPS) is 19.4. The van der Waals surface area contributed by atoms with Crippen LogP contribution in [0.2, 0.25) is 0 Å². The molecule has 3 N–H and O–H groups in total. The van der Waals surface area contributed by atoms with Crippen molar-refractivity contribution in [2.45, 2.75) is 46.7 Å². The molecule has 1 aromatic heterocycles. The summed E-state index contributed by atoms with van der Waals surface area (Å²) < 4.78 is 1.68. The Balaban J connectivity index is 1.79. The number of nitrogen functional groups attached to an aromatic ring is 1. The zero-order valence-electron chi connectivity index (χ0n) is 13.5. The minimum absolute atomic E-state index is 0.00333. The Hall–Kier alpha value is -1.56. The van der Waals surface area contributed by atoms with Crippen molar-refractivity contribution in [3.05, 3.63) is 11.4 Å². The van der Waals surface area contributed by atoms with E-state index in [1.54, 1.807) is 4.68 Å². The van der Waals surface area contributed by atoms with Crippen LogP contribution in [0, 0.1) is 19.8 Å². The Kier molecular flexibility index (Phi) is 4.88. The molecule has 6 nitrogen and oxygen atoms in total. The highest BCUT2D eigenvalue weighted by Gasteiger charge is 2.24. The molecule has 1 fully saturated rings. The molecule has 0 aromatic carbocycles. The minimum Gasteiger partial charge on any atom is -0.396 e. The maximum Gasteiger partial charge on any atom is 0.241 e. The van der Waals surface area contributed by atoms with Gasteiger partial charge in [0.2, 0.25) is 5.91 Å². The zero-order valence-corrected chi connectivity index (χ0v) is 13.5. The van der Waals surface area contributed by atoms with Crippen LogP contribution in [0.4, 0.5) is 5.69 Å². The van der Waals surface area contributed by atoms with Crippen molar-refractivity contribution in [1.82, 2.24) is 20.0 Å². The molecule has 0 aliphatic carbocycles. The van der Waals surface area contributed by atoms with E-state index in [2.05, 4.69) is 29.2 Å². The van der Waals surface area contributed by atoms with Crippen LogP contribution in [0.5, 0.6) is 0 Å². The molecule has 0 saturated carbocycles. The number of nitrogens with zero attached hydrogens (tertiary/aromatic N) is 3. The fourth-order valence-corrected chi connectivity index (χ4v) is 2.81. The number of hydrogen-bond donors (Lipinski definition) is 2. The molecule has 1 saturated heterocycles. The largest absolute Gasteiger partial charge is 0.396 e. The van der Waals surface area contributed by atoms with Gasteiger partial charge in [-0.3, -0.25) is 9.48 Å². The zero-order chi connectivity index (χ0) is 15.6. The number of nitrogens with one attached hydrogen (secondary N) is 1. The predicted octanol–water partition coefficient (Wildman–Crippen LogP) is 0.929. The molecular formula is C15H27N5O. The van der Waals surface area contributed by atoms with E-state index in [0.717, 1.165) is 37.4 Å². The van der Waals surface area contributed by atoms with Crippen LogP contribution in [-0.4, -0.2) is 46.3 Å². The Morgan fingerprint density at radius 1 is 1.48 bits per heavy atom. The second kappa shape index (κ2) is 6.47. The number of amides is 1. The van der Waals surface area contributed by atoms with Gasteiger partial charge in [-0.2, -0.15) is 5.10 Å². The molecule has 6 heteroatoms. The summed E-state index contributed by atoms with van der Waals surface area (Å²) in [5.41, 5.74) is 8.18. The predicted molar refractivity (Wildman–Crippen MR) is 83.9 cm³/mol. The summed E-state index contributed by atoms with van der Waals surface area (Å²) in [7, 11) is 0. The van der Waals surface area contributed by atoms with Gasteiger partial charge < -0.3 is 16.0 Å². The van der Waals surface area contributed by atoms with E-state index in [0.29, 0.717) is 17.6 Å². The molecule has 0 radical (unpaired) electrons. The van der Waals surface area contributed by atoms with Crippen LogP contribution >= 0.6 is 0 Å². The first kappa shape index (κ1) is 15.8. The molecule has 1 unspecified atom stereocenters. The van der Waals surface area contributed by atoms with Crippen molar-refractivity contribution >= 4 is 11.6 Å². The van der Waals surface area contributed by atoms with Crippen molar-refractivity contribution in [2.24, 2.45) is 5.92 Å². The number of aryl methyl sites for hydroxylation is 1. The molecule has 0 spiro atoms. The van der Waals surface area contributed by atoms with Gasteiger partial charge in [0.05, 0.1) is 17.1 Å². The number of rotatable bonds is 5. The van der Waals surface area contributed by atoms with E-state index in [9.17, 15) is 4.79 Å². The Bertz CT molecular complexity index is 508. The maximum atomic E-state index is 12.0. The van der Waals surface area contributed by atoms with E-state index >= 15 is 0 Å². The van der Waals surface area contributed by atoms with Gasteiger partial charge in [0.25, 0.3) is 0 Å². The van der Waals surface area contributed by atoms with Gasteiger partial charge in [0.1, 0.15) is 6.54 Å². The van der Waals surface area contributed by atoms with Crippen LogP contribution in [0.1, 0.15) is 31.7 Å². The quantitative estimate of drug-likeness (QED) is 0.847. The van der Waals surface area contributed by atoms with E-state index in [1.807, 2.05) is 13.8 Å². The van der Waals surface area contributed by atoms with Crippen LogP contribution in [-0.2, 0) is 11.3 Å². The van der Waals surface area contributed by atoms with Crippen LogP contribution < -0.4 is 11.1 Å². The third-order valence-corrected chi connectivity index (χ3v) is 4.37. The number of carbonyl (C=O) groups is 1. The van der Waals surface area contributed by atoms with Crippen LogP contribution in [0.25, 0.3) is 0 Å². The van der Waals surface area contributed by atoms with Crippen molar-refractivity contribution in [3.8, 4) is 0 Å². The number of likely N-dealkylation sites (tertiary alicyclic amines) is 1. The molecule has 2 heterocycles. The highest BCUT2D eigenvalue weighted by atomic mass is 16.2. The number of nitrogens with two attached hydrogens (primary N) is 1. The second-order valence-electron chi connectivity index (χ2n) is 6.29. The van der Waals surface area contributed by atoms with Gasteiger partial charge in [-0.05, 0) is 46.6 Å². The number of anilines is 1. The van der Waals surface area contributed by atoms with Crippen molar-refractivity contribution in [2.75, 3.05) is 25.4 Å². The second-order valence-corrected chi connectivity index (χ2v) is 6.29. The third-order valence-electron chi connectivity index (χ3n) is 4.37. The summed E-state index contributed by atoms with van der Waals surface area (Å²) in [5, 5.41) is 7.31. The standard InChI is InChI=1S/C15H27N5O/c1-10(2)19-6-5-13(8-19)7-17-14(21)9-20-12(4)15(16)11(3)18-20/h10,13H,5-9,16H2,1-4H3,(H,17,21). The molecule has 1 aliphatic rings. The van der Waals surface area contributed by atoms with E-state index in [4.69, 9.17) is 5.73 Å². The van der Waals surface area contributed by atoms with Gasteiger partial charge in [-0.25, -0.2) is 0 Å². The SMILES string of the molecule is Cc1nn(CC(=O)NCC2CCN(C(C)C)C2)c(C)c1N. The van der Waals surface area contributed by atoms with Gasteiger partial charge in [0, 0.05) is 19.1 Å². The molecule has 1 amide bonds. The summed E-state index contributed by atoms with van der Waals surface area (Å²) >= 11 is 0. The molecule has 2 rings (SSSR count). The van der Waals surface area contributed by atoms with Gasteiger partial charge in [-0.15, -0.1) is 0 Å². The fraction of sp³-hybridized carbons (Fsp3) is 0.733. The maximum absolute atomic E-state index is 12.0. The lowest BCUT2D eigenvalue weighted by molar-refractivity contribution is -0.122. The first-order chi connectivity index (χ1) is 9.88. The van der Waals surface area contributed by atoms with Gasteiger partial charge >= 0.3 is 0 Å². The van der Waals surface area contributed by atoms with Crippen molar-refractivity contribution in [3.63, 3.8) is 0 Å². The number of carbonyl (C=O) groups excluding carboxylic acids is 1. The Morgan fingerprint density at radius 2 is 2.19 bits per heavy atom. The summed E-state index contributed by atoms with van der Waals surface area (Å²) in [6.07, 6.45) is 1.16. The molecule has 118 valence electrons. The van der Waals surface area contributed by atoms with E-state index in [1.165, 1.54) is 0 Å².